The Bertz CT molecular complexity index is 1480. The van der Waals surface area contributed by atoms with Crippen LogP contribution in [0.25, 0.3) is 0 Å². The van der Waals surface area contributed by atoms with Crippen molar-refractivity contribution in [2.45, 2.75) is 32.4 Å². The number of urea groups is 1. The zero-order valence-corrected chi connectivity index (χ0v) is 22.0. The van der Waals surface area contributed by atoms with E-state index in [1.54, 1.807) is 11.8 Å². The number of benzene rings is 2. The van der Waals surface area contributed by atoms with Gasteiger partial charge in [-0.2, -0.15) is 0 Å². The molecule has 3 aromatic rings. The SMILES string of the molecule is CCOc1ccc(F)c(F)c1CN(c1cc(NC(=O)Nc2csc(C(=O)O)c2C(=O)O)c(F)cc1OC)C1CC1. The molecular weight excluding hydrogens is 555 g/mol. The number of carbonyl (C=O) groups is 3. The first-order chi connectivity index (χ1) is 19.0. The molecule has 0 spiro atoms. The second kappa shape index (κ2) is 11.7. The Morgan fingerprint density at radius 2 is 1.73 bits per heavy atom. The number of halogens is 3. The highest BCUT2D eigenvalue weighted by molar-refractivity contribution is 7.13. The molecule has 0 bridgehead atoms. The number of nitrogens with zero attached hydrogens (tertiary/aromatic N) is 1. The number of thiophene rings is 1. The molecule has 1 aliphatic carbocycles. The third kappa shape index (κ3) is 5.91. The summed E-state index contributed by atoms with van der Waals surface area (Å²) < 4.78 is 54.8. The van der Waals surface area contributed by atoms with Crippen LogP contribution in [-0.2, 0) is 6.54 Å². The highest BCUT2D eigenvalue weighted by atomic mass is 32.1. The van der Waals surface area contributed by atoms with Crippen LogP contribution >= 0.6 is 11.3 Å². The van der Waals surface area contributed by atoms with Crippen LogP contribution in [-0.4, -0.2) is 47.9 Å². The first-order valence-electron chi connectivity index (χ1n) is 12.0. The summed E-state index contributed by atoms with van der Waals surface area (Å²) in [5, 5.41) is 24.2. The summed E-state index contributed by atoms with van der Waals surface area (Å²) in [6.45, 7) is 1.77. The topological polar surface area (TPSA) is 137 Å². The molecule has 4 rings (SSSR count). The summed E-state index contributed by atoms with van der Waals surface area (Å²) in [5.41, 5.74) is -0.992. The van der Waals surface area contributed by atoms with Crippen LogP contribution in [0.15, 0.2) is 29.6 Å². The quantitative estimate of drug-likeness (QED) is 0.224. The minimum Gasteiger partial charge on any atom is -0.494 e. The lowest BCUT2D eigenvalue weighted by molar-refractivity contribution is 0.0657. The number of ether oxygens (including phenoxy) is 2. The van der Waals surface area contributed by atoms with Crippen molar-refractivity contribution in [1.82, 2.24) is 0 Å². The molecule has 212 valence electrons. The van der Waals surface area contributed by atoms with Gasteiger partial charge >= 0.3 is 18.0 Å². The van der Waals surface area contributed by atoms with Crippen molar-refractivity contribution in [1.29, 1.82) is 0 Å². The fourth-order valence-electron chi connectivity index (χ4n) is 4.10. The number of rotatable bonds is 11. The summed E-state index contributed by atoms with van der Waals surface area (Å²) >= 11 is 0.605. The molecule has 1 aliphatic rings. The molecule has 2 amide bonds. The largest absolute Gasteiger partial charge is 0.494 e. The fraction of sp³-hybridized carbons (Fsp3) is 0.269. The molecule has 0 aliphatic heterocycles. The zero-order valence-electron chi connectivity index (χ0n) is 21.2. The second-order valence-electron chi connectivity index (χ2n) is 8.68. The van der Waals surface area contributed by atoms with Gasteiger partial charge in [0.2, 0.25) is 0 Å². The van der Waals surface area contributed by atoms with E-state index >= 15 is 0 Å². The van der Waals surface area contributed by atoms with Crippen LogP contribution in [0.2, 0.25) is 0 Å². The van der Waals surface area contributed by atoms with E-state index in [4.69, 9.17) is 9.47 Å². The molecule has 4 N–H and O–H groups in total. The Hall–Kier alpha value is -4.46. The molecule has 0 atom stereocenters. The number of amides is 2. The van der Waals surface area contributed by atoms with E-state index in [1.165, 1.54) is 19.2 Å². The van der Waals surface area contributed by atoms with Crippen molar-refractivity contribution in [3.63, 3.8) is 0 Å². The van der Waals surface area contributed by atoms with Crippen LogP contribution in [0.5, 0.6) is 11.5 Å². The average Bonchev–Trinajstić information content (AvgIpc) is 3.65. The predicted molar refractivity (Wildman–Crippen MR) is 141 cm³/mol. The molecule has 0 saturated heterocycles. The van der Waals surface area contributed by atoms with Crippen LogP contribution in [0.4, 0.5) is 35.0 Å². The lowest BCUT2D eigenvalue weighted by atomic mass is 10.1. The van der Waals surface area contributed by atoms with Crippen LogP contribution < -0.4 is 25.0 Å². The zero-order chi connectivity index (χ0) is 29.1. The first kappa shape index (κ1) is 28.5. The van der Waals surface area contributed by atoms with Crippen molar-refractivity contribution < 1.29 is 47.2 Å². The first-order valence-corrected chi connectivity index (χ1v) is 12.8. The number of hydrogen-bond donors (Lipinski definition) is 4. The summed E-state index contributed by atoms with van der Waals surface area (Å²) in [7, 11) is 1.31. The van der Waals surface area contributed by atoms with Gasteiger partial charge in [-0.1, -0.05) is 0 Å². The molecule has 2 aromatic carbocycles. The molecule has 1 saturated carbocycles. The van der Waals surface area contributed by atoms with Gasteiger partial charge in [-0.3, -0.25) is 0 Å². The van der Waals surface area contributed by atoms with E-state index < -0.39 is 45.9 Å². The van der Waals surface area contributed by atoms with Crippen molar-refractivity contribution in [2.75, 3.05) is 29.3 Å². The molecular formula is C26H24F3N3O7S. The maximum absolute atomic E-state index is 15.0. The molecule has 40 heavy (non-hydrogen) atoms. The molecule has 1 heterocycles. The predicted octanol–water partition coefficient (Wildman–Crippen LogP) is 5.78. The molecule has 0 unspecified atom stereocenters. The number of methoxy groups -OCH3 is 1. The van der Waals surface area contributed by atoms with E-state index in [1.807, 2.05) is 0 Å². The highest BCUT2D eigenvalue weighted by Crippen LogP contribution is 2.42. The molecule has 10 nitrogen and oxygen atoms in total. The Labute approximate surface area is 229 Å². The minimum atomic E-state index is -1.57. The van der Waals surface area contributed by atoms with Crippen LogP contribution in [0, 0.1) is 17.5 Å². The van der Waals surface area contributed by atoms with Gasteiger partial charge in [0.15, 0.2) is 17.5 Å². The third-order valence-corrected chi connectivity index (χ3v) is 7.01. The van der Waals surface area contributed by atoms with Crippen LogP contribution in [0.3, 0.4) is 0 Å². The van der Waals surface area contributed by atoms with Crippen molar-refractivity contribution in [3.8, 4) is 11.5 Å². The summed E-state index contributed by atoms with van der Waals surface area (Å²) in [6.07, 6.45) is 1.43. The van der Waals surface area contributed by atoms with E-state index in [0.717, 1.165) is 17.5 Å². The normalized spacial score (nSPS) is 12.5. The maximum Gasteiger partial charge on any atom is 0.346 e. The smallest absolute Gasteiger partial charge is 0.346 e. The van der Waals surface area contributed by atoms with E-state index in [0.29, 0.717) is 24.2 Å². The minimum absolute atomic E-state index is 0.0414. The maximum atomic E-state index is 15.0. The lowest BCUT2D eigenvalue weighted by Gasteiger charge is -2.28. The number of aromatic carboxylic acids is 2. The van der Waals surface area contributed by atoms with Gasteiger partial charge in [-0.25, -0.2) is 27.6 Å². The number of carboxylic acid groups (broad SMARTS) is 2. The highest BCUT2D eigenvalue weighted by Gasteiger charge is 2.34. The summed E-state index contributed by atoms with van der Waals surface area (Å²) in [5.74, 6) is -5.86. The Morgan fingerprint density at radius 3 is 2.33 bits per heavy atom. The third-order valence-electron chi connectivity index (χ3n) is 6.04. The Morgan fingerprint density at radius 1 is 1.02 bits per heavy atom. The van der Waals surface area contributed by atoms with Gasteiger partial charge in [0.05, 0.1) is 42.9 Å². The van der Waals surface area contributed by atoms with Gasteiger partial charge in [0.25, 0.3) is 0 Å². The van der Waals surface area contributed by atoms with Gasteiger partial charge in [0, 0.05) is 17.5 Å². The van der Waals surface area contributed by atoms with Gasteiger partial charge in [-0.15, -0.1) is 11.3 Å². The van der Waals surface area contributed by atoms with Crippen molar-refractivity contribution in [2.24, 2.45) is 0 Å². The Kier molecular flexibility index (Phi) is 8.38. The van der Waals surface area contributed by atoms with Gasteiger partial charge in [-0.05, 0) is 38.0 Å². The number of anilines is 3. The number of carbonyl (C=O) groups excluding carboxylic acids is 1. The number of nitrogens with one attached hydrogen (secondary N) is 2. The van der Waals surface area contributed by atoms with Crippen molar-refractivity contribution in [3.05, 3.63) is 63.1 Å². The molecule has 14 heteroatoms. The Balaban J connectivity index is 1.66. The van der Waals surface area contributed by atoms with Gasteiger partial charge in [0.1, 0.15) is 21.9 Å². The van der Waals surface area contributed by atoms with Gasteiger partial charge < -0.3 is 35.2 Å². The van der Waals surface area contributed by atoms with Crippen molar-refractivity contribution >= 4 is 46.4 Å². The van der Waals surface area contributed by atoms with E-state index in [2.05, 4.69) is 10.6 Å². The lowest BCUT2D eigenvalue weighted by Crippen LogP contribution is -2.27. The summed E-state index contributed by atoms with van der Waals surface area (Å²) in [6, 6.07) is 3.41. The van der Waals surface area contributed by atoms with E-state index in [-0.39, 0.29) is 53.3 Å². The fourth-order valence-corrected chi connectivity index (χ4v) is 4.93. The standard InChI is InChI=1S/C26H24F3N3O7S/c1-3-39-19-7-6-14(27)22(29)13(19)10-32(12-4-5-12)18-9-16(15(28)8-20(18)38-2)30-26(37)31-17-11-40-23(25(35)36)21(17)24(33)34/h6-9,11-12H,3-5,10H2,1-2H3,(H,33,34)(H,35,36)(H2,30,31,37). The monoisotopic (exact) mass is 579 g/mol. The second-order valence-corrected chi connectivity index (χ2v) is 9.56. The van der Waals surface area contributed by atoms with Crippen LogP contribution in [0.1, 0.15) is 45.4 Å². The van der Waals surface area contributed by atoms with E-state index in [9.17, 15) is 37.8 Å². The average molecular weight is 580 g/mol. The molecule has 1 fully saturated rings. The summed E-state index contributed by atoms with van der Waals surface area (Å²) in [4.78, 5) is 36.8. The number of carboxylic acids is 2. The molecule has 0 radical (unpaired) electrons. The number of hydrogen-bond acceptors (Lipinski definition) is 7. The molecule has 1 aromatic heterocycles.